The van der Waals surface area contributed by atoms with Gasteiger partial charge in [-0.25, -0.2) is 0 Å². The summed E-state index contributed by atoms with van der Waals surface area (Å²) in [6.45, 7) is 8.25. The lowest BCUT2D eigenvalue weighted by molar-refractivity contribution is -0.0164. The Hall–Kier alpha value is -1.59. The Bertz CT molecular complexity index is 563. The maximum absolute atomic E-state index is 5.65. The molecule has 1 atom stereocenters. The average molecular weight is 359 g/mol. The number of nitrogens with one attached hydrogen (secondary N) is 2. The van der Waals surface area contributed by atoms with Gasteiger partial charge in [0.25, 0.3) is 0 Å². The second-order valence-corrected chi connectivity index (χ2v) is 7.65. The Kier molecular flexibility index (Phi) is 6.92. The number of likely N-dealkylation sites (tertiary alicyclic amines) is 1. The molecule has 0 aromatic heterocycles. The molecule has 2 saturated heterocycles. The second-order valence-electron chi connectivity index (χ2n) is 7.65. The molecule has 2 fully saturated rings. The number of nitrogens with zero attached hydrogens (tertiary/aromatic N) is 2. The van der Waals surface area contributed by atoms with Gasteiger partial charge in [0.2, 0.25) is 0 Å². The van der Waals surface area contributed by atoms with E-state index < -0.39 is 0 Å². The van der Waals surface area contributed by atoms with Gasteiger partial charge in [0.15, 0.2) is 5.96 Å². The third-order valence-electron chi connectivity index (χ3n) is 5.95. The molecule has 1 unspecified atom stereocenters. The van der Waals surface area contributed by atoms with E-state index in [2.05, 4.69) is 57.8 Å². The van der Waals surface area contributed by atoms with E-state index in [-0.39, 0.29) is 5.54 Å². The molecule has 0 bridgehead atoms. The van der Waals surface area contributed by atoms with Gasteiger partial charge >= 0.3 is 0 Å². The van der Waals surface area contributed by atoms with Gasteiger partial charge in [-0.3, -0.25) is 9.89 Å². The zero-order chi connectivity index (χ0) is 18.2. The average Bonchev–Trinajstić information content (AvgIpc) is 3.25. The Morgan fingerprint density at radius 3 is 2.50 bits per heavy atom. The van der Waals surface area contributed by atoms with Gasteiger partial charge in [-0.2, -0.15) is 0 Å². The lowest BCUT2D eigenvalue weighted by atomic mass is 9.88. The molecule has 1 aromatic rings. The maximum Gasteiger partial charge on any atom is 0.191 e. The number of aliphatic imine (C=N–C) groups is 1. The molecule has 3 rings (SSSR count). The number of rotatable bonds is 6. The van der Waals surface area contributed by atoms with Gasteiger partial charge in [-0.05, 0) is 50.3 Å². The minimum atomic E-state index is 0.220. The van der Waals surface area contributed by atoms with Crippen molar-refractivity contribution in [2.45, 2.75) is 44.1 Å². The predicted molar refractivity (Wildman–Crippen MR) is 108 cm³/mol. The normalized spacial score (nSPS) is 22.2. The van der Waals surface area contributed by atoms with Crippen LogP contribution in [-0.2, 0) is 4.74 Å². The summed E-state index contributed by atoms with van der Waals surface area (Å²) in [6, 6.07) is 10.6. The van der Waals surface area contributed by atoms with Gasteiger partial charge < -0.3 is 15.4 Å². The van der Waals surface area contributed by atoms with Crippen molar-refractivity contribution in [3.05, 3.63) is 35.9 Å². The minimum Gasteiger partial charge on any atom is -0.381 e. The molecule has 2 aliphatic rings. The summed E-state index contributed by atoms with van der Waals surface area (Å²) in [7, 11) is 1.86. The van der Waals surface area contributed by atoms with Gasteiger partial charge in [0.1, 0.15) is 0 Å². The summed E-state index contributed by atoms with van der Waals surface area (Å²) in [6.07, 6.45) is 4.86. The molecule has 2 heterocycles. The van der Waals surface area contributed by atoms with E-state index >= 15 is 0 Å². The molecule has 144 valence electrons. The predicted octanol–water partition coefficient (Wildman–Crippen LogP) is 2.60. The van der Waals surface area contributed by atoms with Crippen LogP contribution < -0.4 is 10.6 Å². The highest BCUT2D eigenvalue weighted by molar-refractivity contribution is 5.79. The third-order valence-corrected chi connectivity index (χ3v) is 5.95. The third kappa shape index (κ3) is 4.77. The lowest BCUT2D eigenvalue weighted by Gasteiger charge is -2.45. The van der Waals surface area contributed by atoms with Crippen molar-refractivity contribution in [2.75, 3.05) is 46.4 Å². The summed E-state index contributed by atoms with van der Waals surface area (Å²) in [5.41, 5.74) is 1.57. The van der Waals surface area contributed by atoms with Gasteiger partial charge in [-0.15, -0.1) is 0 Å². The van der Waals surface area contributed by atoms with E-state index in [1.807, 2.05) is 7.05 Å². The van der Waals surface area contributed by atoms with Gasteiger partial charge in [-0.1, -0.05) is 37.3 Å². The molecule has 2 N–H and O–H groups in total. The minimum absolute atomic E-state index is 0.220. The van der Waals surface area contributed by atoms with Crippen LogP contribution in [-0.4, -0.2) is 62.8 Å². The van der Waals surface area contributed by atoms with E-state index in [0.717, 1.165) is 45.1 Å². The van der Waals surface area contributed by atoms with Crippen LogP contribution in [0.4, 0.5) is 0 Å². The number of benzene rings is 1. The molecule has 2 aliphatic heterocycles. The Morgan fingerprint density at radius 2 is 1.85 bits per heavy atom. The monoisotopic (exact) mass is 358 g/mol. The van der Waals surface area contributed by atoms with Crippen LogP contribution in [0.15, 0.2) is 35.3 Å². The van der Waals surface area contributed by atoms with Crippen molar-refractivity contribution in [3.63, 3.8) is 0 Å². The zero-order valence-corrected chi connectivity index (χ0v) is 16.3. The number of guanidine groups is 1. The summed E-state index contributed by atoms with van der Waals surface area (Å²) in [4.78, 5) is 7.12. The maximum atomic E-state index is 5.65. The SMILES string of the molecule is CN=C(NCC(C)c1ccccc1)NCC1(N2CCCC2)CCOCC1. The topological polar surface area (TPSA) is 48.9 Å². The smallest absolute Gasteiger partial charge is 0.191 e. The fourth-order valence-corrected chi connectivity index (χ4v) is 4.17. The van der Waals surface area contributed by atoms with Crippen LogP contribution >= 0.6 is 0 Å². The van der Waals surface area contributed by atoms with E-state index in [0.29, 0.717) is 5.92 Å². The van der Waals surface area contributed by atoms with E-state index in [4.69, 9.17) is 4.74 Å². The van der Waals surface area contributed by atoms with Crippen LogP contribution in [0.2, 0.25) is 0 Å². The standard InChI is InChI=1S/C21H34N4O/c1-18(19-8-4-3-5-9-19)16-23-20(22-2)24-17-21(10-14-26-15-11-21)25-12-6-7-13-25/h3-5,8-9,18H,6-7,10-17H2,1-2H3,(H2,22,23,24). The van der Waals surface area contributed by atoms with Crippen LogP contribution in [0.25, 0.3) is 0 Å². The van der Waals surface area contributed by atoms with E-state index in [1.165, 1.54) is 31.5 Å². The Labute approximate surface area is 158 Å². The highest BCUT2D eigenvalue weighted by Crippen LogP contribution is 2.30. The highest BCUT2D eigenvalue weighted by atomic mass is 16.5. The molecule has 0 saturated carbocycles. The zero-order valence-electron chi connectivity index (χ0n) is 16.3. The molecular formula is C21H34N4O. The summed E-state index contributed by atoms with van der Waals surface area (Å²) >= 11 is 0. The summed E-state index contributed by atoms with van der Waals surface area (Å²) in [5, 5.41) is 7.11. The Morgan fingerprint density at radius 1 is 1.15 bits per heavy atom. The van der Waals surface area contributed by atoms with Crippen LogP contribution in [0.5, 0.6) is 0 Å². The fraction of sp³-hybridized carbons (Fsp3) is 0.667. The first kappa shape index (κ1) is 19.2. The molecule has 0 spiro atoms. The van der Waals surface area contributed by atoms with E-state index in [1.54, 1.807) is 0 Å². The van der Waals surface area contributed by atoms with Gasteiger partial charge in [0.05, 0.1) is 0 Å². The first-order chi connectivity index (χ1) is 12.7. The van der Waals surface area contributed by atoms with Crippen molar-refractivity contribution in [2.24, 2.45) is 4.99 Å². The molecule has 0 aliphatic carbocycles. The fourth-order valence-electron chi connectivity index (χ4n) is 4.17. The van der Waals surface area contributed by atoms with Crippen molar-refractivity contribution >= 4 is 5.96 Å². The lowest BCUT2D eigenvalue weighted by Crippen LogP contribution is -2.58. The first-order valence-corrected chi connectivity index (χ1v) is 10.1. The number of ether oxygens (including phenoxy) is 1. The van der Waals surface area contributed by atoms with Crippen molar-refractivity contribution in [3.8, 4) is 0 Å². The molecule has 0 radical (unpaired) electrons. The van der Waals surface area contributed by atoms with Crippen LogP contribution in [0.3, 0.4) is 0 Å². The molecule has 5 nitrogen and oxygen atoms in total. The summed E-state index contributed by atoms with van der Waals surface area (Å²) < 4.78 is 5.65. The van der Waals surface area contributed by atoms with E-state index in [9.17, 15) is 0 Å². The van der Waals surface area contributed by atoms with Crippen LogP contribution in [0, 0.1) is 0 Å². The number of hydrogen-bond donors (Lipinski definition) is 2. The molecule has 0 amide bonds. The second kappa shape index (κ2) is 9.38. The largest absolute Gasteiger partial charge is 0.381 e. The Balaban J connectivity index is 1.53. The molecule has 5 heteroatoms. The highest BCUT2D eigenvalue weighted by Gasteiger charge is 2.39. The molecular weight excluding hydrogens is 324 g/mol. The first-order valence-electron chi connectivity index (χ1n) is 10.1. The quantitative estimate of drug-likeness (QED) is 0.606. The van der Waals surface area contributed by atoms with Crippen molar-refractivity contribution < 1.29 is 4.74 Å². The molecule has 26 heavy (non-hydrogen) atoms. The van der Waals surface area contributed by atoms with Gasteiger partial charge in [0, 0.05) is 38.9 Å². The number of hydrogen-bond acceptors (Lipinski definition) is 3. The summed E-state index contributed by atoms with van der Waals surface area (Å²) in [5.74, 6) is 1.35. The van der Waals surface area contributed by atoms with Crippen LogP contribution in [0.1, 0.15) is 44.1 Å². The molecule has 1 aromatic carbocycles. The van der Waals surface area contributed by atoms with Crippen molar-refractivity contribution in [1.29, 1.82) is 0 Å². The van der Waals surface area contributed by atoms with Crippen molar-refractivity contribution in [1.82, 2.24) is 15.5 Å².